The molecule has 7 aromatic rings. The molecular formula is C37H26N2. The number of nitrogens with zero attached hydrogens (tertiary/aromatic N) is 2. The molecule has 0 saturated heterocycles. The Labute approximate surface area is 228 Å². The molecule has 7 rings (SSSR count). The maximum absolute atomic E-state index is 5.95. The Kier molecular flexibility index (Phi) is 5.43. The van der Waals surface area contributed by atoms with Crippen molar-refractivity contribution in [1.82, 2.24) is 9.13 Å². The minimum Gasteiger partial charge on any atom is -0.309 e. The molecule has 2 heterocycles. The number of fused-ring (bicyclic) bond motifs is 4. The molecule has 39 heavy (non-hydrogen) atoms. The number of aromatic nitrogens is 2. The molecule has 0 saturated carbocycles. The monoisotopic (exact) mass is 498 g/mol. The van der Waals surface area contributed by atoms with Crippen molar-refractivity contribution in [2.45, 2.75) is 6.92 Å². The third-order valence-corrected chi connectivity index (χ3v) is 7.54. The van der Waals surface area contributed by atoms with Crippen LogP contribution in [0.25, 0.3) is 61.3 Å². The summed E-state index contributed by atoms with van der Waals surface area (Å²) in [6.45, 7) is 2.02. The molecule has 0 spiro atoms. The average Bonchev–Trinajstić information content (AvgIpc) is 3.50. The van der Waals surface area contributed by atoms with Gasteiger partial charge in [-0.1, -0.05) is 90.9 Å². The van der Waals surface area contributed by atoms with E-state index >= 15 is 0 Å². The zero-order valence-corrected chi connectivity index (χ0v) is 21.7. The molecule has 0 atom stereocenters. The van der Waals surface area contributed by atoms with Gasteiger partial charge in [0.25, 0.3) is 0 Å². The zero-order valence-electron chi connectivity index (χ0n) is 21.7. The number of hydrogen-bond acceptors (Lipinski definition) is 0. The van der Waals surface area contributed by atoms with Gasteiger partial charge < -0.3 is 9.13 Å². The largest absolute Gasteiger partial charge is 0.309 e. The van der Waals surface area contributed by atoms with Gasteiger partial charge in [0, 0.05) is 27.5 Å². The van der Waals surface area contributed by atoms with Gasteiger partial charge in [0.05, 0.1) is 27.8 Å². The molecule has 5 aromatic carbocycles. The van der Waals surface area contributed by atoms with E-state index in [0.717, 1.165) is 33.5 Å². The lowest BCUT2D eigenvalue weighted by Crippen LogP contribution is -1.97. The molecule has 0 radical (unpaired) electrons. The van der Waals surface area contributed by atoms with Gasteiger partial charge in [-0.05, 0) is 66.6 Å². The van der Waals surface area contributed by atoms with Gasteiger partial charge in [0.15, 0.2) is 0 Å². The Balaban J connectivity index is 1.29. The SMILES string of the molecule is C#Cc1c(/C=C\C)n(-c2ccc(-c3ccc(-n4c5ccccc5c5ccccc54)cc3)cc2)c2ccccc12. The highest BCUT2D eigenvalue weighted by atomic mass is 15.0. The second kappa shape index (κ2) is 9.24. The summed E-state index contributed by atoms with van der Waals surface area (Å²) in [5, 5.41) is 3.64. The molecule has 0 fully saturated rings. The van der Waals surface area contributed by atoms with Gasteiger partial charge in [-0.3, -0.25) is 0 Å². The molecule has 0 amide bonds. The van der Waals surface area contributed by atoms with E-state index in [0.29, 0.717) is 0 Å². The fourth-order valence-corrected chi connectivity index (χ4v) is 5.81. The van der Waals surface area contributed by atoms with Crippen LogP contribution in [-0.4, -0.2) is 9.13 Å². The number of allylic oxidation sites excluding steroid dienone is 1. The highest BCUT2D eigenvalue weighted by Gasteiger charge is 2.15. The fraction of sp³-hybridized carbons (Fsp3) is 0.0270. The lowest BCUT2D eigenvalue weighted by molar-refractivity contribution is 1.10. The molecule has 2 aromatic heterocycles. The summed E-state index contributed by atoms with van der Waals surface area (Å²) in [4.78, 5) is 0. The van der Waals surface area contributed by atoms with Crippen LogP contribution in [0.1, 0.15) is 18.2 Å². The first kappa shape index (κ1) is 22.9. The van der Waals surface area contributed by atoms with Crippen LogP contribution in [0.3, 0.4) is 0 Å². The Hall–Kier alpha value is -5.26. The highest BCUT2D eigenvalue weighted by molar-refractivity contribution is 6.09. The van der Waals surface area contributed by atoms with Crippen molar-refractivity contribution in [2.75, 3.05) is 0 Å². The van der Waals surface area contributed by atoms with E-state index in [1.54, 1.807) is 0 Å². The molecule has 2 nitrogen and oxygen atoms in total. The predicted octanol–water partition coefficient (Wildman–Crippen LogP) is 9.41. The van der Waals surface area contributed by atoms with Crippen molar-refractivity contribution in [3.8, 4) is 34.8 Å². The Morgan fingerprint density at radius 1 is 0.538 bits per heavy atom. The first-order valence-electron chi connectivity index (χ1n) is 13.2. The van der Waals surface area contributed by atoms with Gasteiger partial charge in [-0.25, -0.2) is 0 Å². The summed E-state index contributed by atoms with van der Waals surface area (Å²) in [6, 6.07) is 43.1. The summed E-state index contributed by atoms with van der Waals surface area (Å²) in [7, 11) is 0. The summed E-state index contributed by atoms with van der Waals surface area (Å²) in [5.74, 6) is 2.92. The van der Waals surface area contributed by atoms with Gasteiger partial charge in [0.1, 0.15) is 0 Å². The molecule has 2 heteroatoms. The first-order chi connectivity index (χ1) is 19.3. The third-order valence-electron chi connectivity index (χ3n) is 7.54. The minimum atomic E-state index is 0.924. The lowest BCUT2D eigenvalue weighted by atomic mass is 10.0. The van der Waals surface area contributed by atoms with Crippen molar-refractivity contribution >= 4 is 38.8 Å². The molecule has 0 aliphatic carbocycles. The molecular weight excluding hydrogens is 472 g/mol. The first-order valence-corrected chi connectivity index (χ1v) is 13.2. The van der Waals surface area contributed by atoms with Crippen molar-refractivity contribution in [2.24, 2.45) is 0 Å². The van der Waals surface area contributed by atoms with Crippen molar-refractivity contribution in [3.05, 3.63) is 139 Å². The maximum Gasteiger partial charge on any atom is 0.0621 e. The van der Waals surface area contributed by atoms with E-state index in [1.807, 2.05) is 19.1 Å². The topological polar surface area (TPSA) is 9.86 Å². The van der Waals surface area contributed by atoms with Gasteiger partial charge in [-0.15, -0.1) is 6.42 Å². The number of hydrogen-bond donors (Lipinski definition) is 0. The van der Waals surface area contributed by atoms with E-state index in [1.165, 1.54) is 32.9 Å². The van der Waals surface area contributed by atoms with E-state index in [2.05, 4.69) is 136 Å². The van der Waals surface area contributed by atoms with E-state index < -0.39 is 0 Å². The van der Waals surface area contributed by atoms with Gasteiger partial charge >= 0.3 is 0 Å². The summed E-state index contributed by atoms with van der Waals surface area (Å²) < 4.78 is 4.60. The standard InChI is InChI=1S/C37H26N2/c1-3-11-34-30(4-2)31-12-5-8-15-35(31)38(34)28-22-18-26(19-23-28)27-20-24-29(25-21-27)39-36-16-9-6-13-32(36)33-14-7-10-17-37(33)39/h2-3,5-25H,1H3/b11-3-. The van der Waals surface area contributed by atoms with Gasteiger partial charge in [-0.2, -0.15) is 0 Å². The van der Waals surface area contributed by atoms with Crippen LogP contribution in [0.15, 0.2) is 127 Å². The summed E-state index contributed by atoms with van der Waals surface area (Å²) in [5.41, 5.74) is 10.1. The number of rotatable bonds is 4. The van der Waals surface area contributed by atoms with E-state index in [9.17, 15) is 0 Å². The van der Waals surface area contributed by atoms with Crippen LogP contribution < -0.4 is 0 Å². The van der Waals surface area contributed by atoms with E-state index in [-0.39, 0.29) is 0 Å². The molecule has 0 aliphatic heterocycles. The second-order valence-corrected chi connectivity index (χ2v) is 9.72. The van der Waals surface area contributed by atoms with Crippen LogP contribution in [0.5, 0.6) is 0 Å². The van der Waals surface area contributed by atoms with Crippen molar-refractivity contribution < 1.29 is 0 Å². The molecule has 0 aliphatic rings. The van der Waals surface area contributed by atoms with Crippen LogP contribution in [0.4, 0.5) is 0 Å². The van der Waals surface area contributed by atoms with Crippen molar-refractivity contribution in [1.29, 1.82) is 0 Å². The third kappa shape index (κ3) is 3.60. The van der Waals surface area contributed by atoms with Crippen LogP contribution in [0, 0.1) is 12.3 Å². The molecule has 0 N–H and O–H groups in total. The Morgan fingerprint density at radius 3 is 1.46 bits per heavy atom. The Bertz CT molecular complexity index is 2000. The molecule has 0 bridgehead atoms. The zero-order chi connectivity index (χ0) is 26.3. The van der Waals surface area contributed by atoms with Crippen LogP contribution in [-0.2, 0) is 0 Å². The minimum absolute atomic E-state index is 0.924. The quantitative estimate of drug-likeness (QED) is 0.214. The highest BCUT2D eigenvalue weighted by Crippen LogP contribution is 2.34. The molecule has 184 valence electrons. The lowest BCUT2D eigenvalue weighted by Gasteiger charge is -2.12. The molecule has 0 unspecified atom stereocenters. The number of benzene rings is 5. The van der Waals surface area contributed by atoms with Crippen LogP contribution >= 0.6 is 0 Å². The average molecular weight is 499 g/mol. The fourth-order valence-electron chi connectivity index (χ4n) is 5.81. The Morgan fingerprint density at radius 2 is 0.974 bits per heavy atom. The normalized spacial score (nSPS) is 11.6. The van der Waals surface area contributed by atoms with Crippen LogP contribution in [0.2, 0.25) is 0 Å². The summed E-state index contributed by atoms with van der Waals surface area (Å²) >= 11 is 0. The van der Waals surface area contributed by atoms with E-state index in [4.69, 9.17) is 6.42 Å². The predicted molar refractivity (Wildman–Crippen MR) is 166 cm³/mol. The van der Waals surface area contributed by atoms with Gasteiger partial charge in [0.2, 0.25) is 0 Å². The second-order valence-electron chi connectivity index (χ2n) is 9.72. The maximum atomic E-state index is 5.95. The number of terminal acetylenes is 1. The van der Waals surface area contributed by atoms with Crippen molar-refractivity contribution in [3.63, 3.8) is 0 Å². The summed E-state index contributed by atoms with van der Waals surface area (Å²) in [6.07, 6.45) is 10.1. The smallest absolute Gasteiger partial charge is 0.0621 e. The number of para-hydroxylation sites is 3.